The van der Waals surface area contributed by atoms with Gasteiger partial charge < -0.3 is 9.84 Å². The lowest BCUT2D eigenvalue weighted by Crippen LogP contribution is -2.28. The maximum Gasteiger partial charge on any atom is 0.241 e. The first-order chi connectivity index (χ1) is 9.86. The molecule has 0 radical (unpaired) electrons. The quantitative estimate of drug-likeness (QED) is 0.679. The SMILES string of the molecule is CC(C)CCOCCNS(=O)(=O)c1cc(F)ccc1CO. The lowest BCUT2D eigenvalue weighted by atomic mass is 10.1. The third kappa shape index (κ3) is 6.09. The molecule has 0 fully saturated rings. The van der Waals surface area contributed by atoms with E-state index in [1.807, 2.05) is 0 Å². The summed E-state index contributed by atoms with van der Waals surface area (Å²) in [5, 5.41) is 9.13. The Labute approximate surface area is 125 Å². The van der Waals surface area contributed by atoms with Gasteiger partial charge in [0.25, 0.3) is 0 Å². The summed E-state index contributed by atoms with van der Waals surface area (Å²) in [6, 6.07) is 3.26. The van der Waals surface area contributed by atoms with Gasteiger partial charge in [0.1, 0.15) is 5.82 Å². The molecule has 0 aliphatic heterocycles. The zero-order chi connectivity index (χ0) is 15.9. The van der Waals surface area contributed by atoms with Crippen LogP contribution in [0.15, 0.2) is 23.1 Å². The van der Waals surface area contributed by atoms with Crippen molar-refractivity contribution in [1.82, 2.24) is 4.72 Å². The average molecular weight is 319 g/mol. The van der Waals surface area contributed by atoms with Crippen molar-refractivity contribution in [2.24, 2.45) is 5.92 Å². The fourth-order valence-electron chi connectivity index (χ4n) is 1.66. The van der Waals surface area contributed by atoms with Gasteiger partial charge in [0.15, 0.2) is 0 Å². The molecule has 0 saturated carbocycles. The third-order valence-corrected chi connectivity index (χ3v) is 4.41. The monoisotopic (exact) mass is 319 g/mol. The maximum atomic E-state index is 13.2. The summed E-state index contributed by atoms with van der Waals surface area (Å²) in [4.78, 5) is -0.243. The summed E-state index contributed by atoms with van der Waals surface area (Å²) in [6.45, 7) is 4.60. The Morgan fingerprint density at radius 3 is 2.67 bits per heavy atom. The summed E-state index contributed by atoms with van der Waals surface area (Å²) in [5.41, 5.74) is 0.157. The molecule has 0 saturated heterocycles. The predicted octanol–water partition coefficient (Wildman–Crippen LogP) is 1.66. The van der Waals surface area contributed by atoms with E-state index in [1.165, 1.54) is 6.07 Å². The molecule has 0 amide bonds. The maximum absolute atomic E-state index is 13.2. The van der Waals surface area contributed by atoms with Gasteiger partial charge in [0.2, 0.25) is 10.0 Å². The Kier molecular flexibility index (Phi) is 7.24. The molecule has 1 rings (SSSR count). The summed E-state index contributed by atoms with van der Waals surface area (Å²) >= 11 is 0. The van der Waals surface area contributed by atoms with E-state index < -0.39 is 22.4 Å². The van der Waals surface area contributed by atoms with E-state index >= 15 is 0 Å². The van der Waals surface area contributed by atoms with Crippen molar-refractivity contribution in [3.8, 4) is 0 Å². The Morgan fingerprint density at radius 2 is 2.05 bits per heavy atom. The van der Waals surface area contributed by atoms with Crippen LogP contribution in [0.5, 0.6) is 0 Å². The summed E-state index contributed by atoms with van der Waals surface area (Å²) in [5.74, 6) is -0.137. The van der Waals surface area contributed by atoms with Gasteiger partial charge in [-0.05, 0) is 30.0 Å². The zero-order valence-corrected chi connectivity index (χ0v) is 13.1. The van der Waals surface area contributed by atoms with Gasteiger partial charge in [0, 0.05) is 13.2 Å². The van der Waals surface area contributed by atoms with Gasteiger partial charge >= 0.3 is 0 Å². The van der Waals surface area contributed by atoms with Crippen LogP contribution in [-0.4, -0.2) is 33.3 Å². The van der Waals surface area contributed by atoms with E-state index in [0.717, 1.165) is 18.6 Å². The number of benzene rings is 1. The van der Waals surface area contributed by atoms with Crippen LogP contribution >= 0.6 is 0 Å². The van der Waals surface area contributed by atoms with Gasteiger partial charge in [-0.25, -0.2) is 17.5 Å². The number of hydrogen-bond donors (Lipinski definition) is 2. The second kappa shape index (κ2) is 8.43. The minimum Gasteiger partial charge on any atom is -0.392 e. The lowest BCUT2D eigenvalue weighted by molar-refractivity contribution is 0.128. The molecule has 0 aromatic heterocycles. The number of aliphatic hydroxyl groups excluding tert-OH is 1. The van der Waals surface area contributed by atoms with Gasteiger partial charge in [-0.1, -0.05) is 19.9 Å². The highest BCUT2D eigenvalue weighted by Gasteiger charge is 2.18. The van der Waals surface area contributed by atoms with Crippen LogP contribution in [-0.2, 0) is 21.4 Å². The Balaban J connectivity index is 2.56. The van der Waals surface area contributed by atoms with E-state index in [2.05, 4.69) is 18.6 Å². The first-order valence-corrected chi connectivity index (χ1v) is 8.32. The minimum atomic E-state index is -3.86. The number of ether oxygens (including phenoxy) is 1. The average Bonchev–Trinajstić information content (AvgIpc) is 2.42. The van der Waals surface area contributed by atoms with Crippen LogP contribution in [0.2, 0.25) is 0 Å². The number of nitrogens with one attached hydrogen (secondary N) is 1. The molecule has 0 heterocycles. The minimum absolute atomic E-state index is 0.0990. The normalized spacial score (nSPS) is 12.0. The van der Waals surface area contributed by atoms with Crippen LogP contribution < -0.4 is 4.72 Å². The van der Waals surface area contributed by atoms with Gasteiger partial charge in [-0.15, -0.1) is 0 Å². The van der Waals surface area contributed by atoms with Crippen LogP contribution in [0.25, 0.3) is 0 Å². The molecule has 7 heteroatoms. The first kappa shape index (κ1) is 18.0. The van der Waals surface area contributed by atoms with E-state index in [-0.39, 0.29) is 23.6 Å². The molecule has 1 aromatic carbocycles. The van der Waals surface area contributed by atoms with Gasteiger partial charge in [-0.3, -0.25) is 0 Å². The molecule has 5 nitrogen and oxygen atoms in total. The van der Waals surface area contributed by atoms with Crippen molar-refractivity contribution in [2.75, 3.05) is 19.8 Å². The highest BCUT2D eigenvalue weighted by Crippen LogP contribution is 2.17. The lowest BCUT2D eigenvalue weighted by Gasteiger charge is -2.11. The van der Waals surface area contributed by atoms with Crippen LogP contribution in [0.3, 0.4) is 0 Å². The molecule has 21 heavy (non-hydrogen) atoms. The van der Waals surface area contributed by atoms with E-state index in [4.69, 9.17) is 9.84 Å². The first-order valence-electron chi connectivity index (χ1n) is 6.83. The third-order valence-electron chi connectivity index (χ3n) is 2.87. The van der Waals surface area contributed by atoms with Crippen molar-refractivity contribution in [3.63, 3.8) is 0 Å². The molecular weight excluding hydrogens is 297 g/mol. The second-order valence-corrected chi connectivity index (χ2v) is 6.84. The summed E-state index contributed by atoms with van der Waals surface area (Å²) in [7, 11) is -3.86. The zero-order valence-electron chi connectivity index (χ0n) is 12.3. The van der Waals surface area contributed by atoms with E-state index in [9.17, 15) is 12.8 Å². The Hall–Kier alpha value is -1.02. The van der Waals surface area contributed by atoms with Crippen molar-refractivity contribution >= 4 is 10.0 Å². The topological polar surface area (TPSA) is 75.6 Å². The van der Waals surface area contributed by atoms with Crippen molar-refractivity contribution in [1.29, 1.82) is 0 Å². The number of sulfonamides is 1. The molecule has 1 aromatic rings. The predicted molar refractivity (Wildman–Crippen MR) is 77.8 cm³/mol. The molecule has 0 bridgehead atoms. The molecule has 0 aliphatic rings. The van der Waals surface area contributed by atoms with Gasteiger partial charge in [0.05, 0.1) is 18.1 Å². The molecule has 120 valence electrons. The van der Waals surface area contributed by atoms with Crippen molar-refractivity contribution in [2.45, 2.75) is 31.8 Å². The summed E-state index contributed by atoms with van der Waals surface area (Å²) in [6.07, 6.45) is 0.908. The fraction of sp³-hybridized carbons (Fsp3) is 0.571. The molecular formula is C14H22FNO4S. The fourth-order valence-corrected chi connectivity index (χ4v) is 2.91. The summed E-state index contributed by atoms with van der Waals surface area (Å²) < 4.78 is 44.9. The van der Waals surface area contributed by atoms with E-state index in [1.54, 1.807) is 0 Å². The van der Waals surface area contributed by atoms with Crippen LogP contribution in [0, 0.1) is 11.7 Å². The highest BCUT2D eigenvalue weighted by atomic mass is 32.2. The second-order valence-electron chi connectivity index (χ2n) is 5.10. The smallest absolute Gasteiger partial charge is 0.241 e. The molecule has 0 spiro atoms. The number of hydrogen-bond acceptors (Lipinski definition) is 4. The molecule has 0 unspecified atom stereocenters. The van der Waals surface area contributed by atoms with Crippen molar-refractivity contribution in [3.05, 3.63) is 29.6 Å². The van der Waals surface area contributed by atoms with Crippen LogP contribution in [0.4, 0.5) is 4.39 Å². The van der Waals surface area contributed by atoms with Gasteiger partial charge in [-0.2, -0.15) is 0 Å². The van der Waals surface area contributed by atoms with E-state index in [0.29, 0.717) is 12.5 Å². The molecule has 0 aliphatic carbocycles. The standard InChI is InChI=1S/C14H22FNO4S/c1-11(2)5-7-20-8-6-16-21(18,19)14-9-13(15)4-3-12(14)10-17/h3-4,9,11,16-17H,5-8,10H2,1-2H3. The Morgan fingerprint density at radius 1 is 1.33 bits per heavy atom. The Bertz CT molecular complexity index is 546. The largest absolute Gasteiger partial charge is 0.392 e. The molecule has 0 atom stereocenters. The molecule has 2 N–H and O–H groups in total. The number of rotatable bonds is 9. The number of halogens is 1. The number of aliphatic hydroxyl groups is 1. The van der Waals surface area contributed by atoms with Crippen LogP contribution in [0.1, 0.15) is 25.8 Å². The highest BCUT2D eigenvalue weighted by molar-refractivity contribution is 7.89. The van der Waals surface area contributed by atoms with Crippen molar-refractivity contribution < 1.29 is 22.7 Å².